The molecule has 3 aromatic rings. The van der Waals surface area contributed by atoms with Crippen LogP contribution in [0.1, 0.15) is 23.9 Å². The van der Waals surface area contributed by atoms with Gasteiger partial charge < -0.3 is 9.30 Å². The van der Waals surface area contributed by atoms with E-state index < -0.39 is 23.2 Å². The average Bonchev–Trinajstić information content (AvgIpc) is 3.20. The van der Waals surface area contributed by atoms with Crippen LogP contribution >= 0.6 is 11.8 Å². The number of carbonyl (C=O) groups is 3. The molecule has 1 fully saturated rings. The van der Waals surface area contributed by atoms with E-state index >= 15 is 0 Å². The molecule has 158 valence electrons. The molecule has 1 atom stereocenters. The van der Waals surface area contributed by atoms with Gasteiger partial charge in [-0.2, -0.15) is 0 Å². The molecule has 1 saturated heterocycles. The Morgan fingerprint density at radius 2 is 1.77 bits per heavy atom. The smallest absolute Gasteiger partial charge is 0.328 e. The molecule has 2 heterocycles. The second-order valence-corrected chi connectivity index (χ2v) is 8.44. The van der Waals surface area contributed by atoms with Gasteiger partial charge in [0.15, 0.2) is 0 Å². The van der Waals surface area contributed by atoms with Crippen molar-refractivity contribution >= 4 is 45.7 Å². The molecule has 0 saturated carbocycles. The van der Waals surface area contributed by atoms with Gasteiger partial charge in [0.25, 0.3) is 11.1 Å². The molecule has 0 unspecified atom stereocenters. The molecule has 1 aliphatic rings. The largest absolute Gasteiger partial charge is 0.467 e. The van der Waals surface area contributed by atoms with Crippen molar-refractivity contribution in [2.75, 3.05) is 7.11 Å². The molecule has 2 amide bonds. The number of methoxy groups -OCH3 is 1. The monoisotopic (exact) mass is 434 g/mol. The van der Waals surface area contributed by atoms with Crippen LogP contribution in [0.25, 0.3) is 22.5 Å². The van der Waals surface area contributed by atoms with E-state index in [1.165, 1.54) is 19.4 Å². The molecule has 2 aromatic carbocycles. The van der Waals surface area contributed by atoms with Gasteiger partial charge in [0.05, 0.1) is 12.0 Å². The molecule has 1 aliphatic heterocycles. The Hall–Kier alpha value is -3.32. The highest BCUT2D eigenvalue weighted by Gasteiger charge is 2.41. The molecule has 0 aliphatic carbocycles. The lowest BCUT2D eigenvalue weighted by atomic mass is 10.1. The van der Waals surface area contributed by atoms with E-state index in [1.54, 1.807) is 6.08 Å². The minimum atomic E-state index is -0.964. The number of esters is 1. The Bertz CT molecular complexity index is 1260. The highest BCUT2D eigenvalue weighted by Crippen LogP contribution is 2.35. The number of hydrogen-bond acceptors (Lipinski definition) is 5. The minimum Gasteiger partial charge on any atom is -0.467 e. The summed E-state index contributed by atoms with van der Waals surface area (Å²) in [5, 5.41) is 1.84. The van der Waals surface area contributed by atoms with Gasteiger partial charge in [0.2, 0.25) is 0 Å². The first-order valence-corrected chi connectivity index (χ1v) is 10.7. The van der Waals surface area contributed by atoms with Gasteiger partial charge in [-0.05, 0) is 73.1 Å². The summed E-state index contributed by atoms with van der Waals surface area (Å²) in [7, 11) is 1.23. The quantitative estimate of drug-likeness (QED) is 0.434. The van der Waals surface area contributed by atoms with Crippen molar-refractivity contribution in [1.82, 2.24) is 9.47 Å². The van der Waals surface area contributed by atoms with Gasteiger partial charge in [0.1, 0.15) is 6.04 Å². The Labute approximate surface area is 184 Å². The number of carbonyl (C=O) groups excluding carboxylic acids is 3. The molecular weight excluding hydrogens is 412 g/mol. The predicted molar refractivity (Wildman–Crippen MR) is 122 cm³/mol. The van der Waals surface area contributed by atoms with Crippen LogP contribution in [0, 0.1) is 13.8 Å². The number of imide groups is 1. The topological polar surface area (TPSA) is 68.6 Å². The average molecular weight is 435 g/mol. The van der Waals surface area contributed by atoms with Crippen molar-refractivity contribution in [2.24, 2.45) is 0 Å². The number of fused-ring (bicyclic) bond motifs is 1. The molecule has 4 rings (SSSR count). The van der Waals surface area contributed by atoms with Crippen molar-refractivity contribution in [2.45, 2.75) is 26.8 Å². The van der Waals surface area contributed by atoms with Gasteiger partial charge in [-0.1, -0.05) is 30.3 Å². The summed E-state index contributed by atoms with van der Waals surface area (Å²) in [6.07, 6.45) is 1.72. The second-order valence-electron chi connectivity index (χ2n) is 7.44. The van der Waals surface area contributed by atoms with Crippen LogP contribution in [0.5, 0.6) is 0 Å². The first-order valence-electron chi connectivity index (χ1n) is 9.85. The van der Waals surface area contributed by atoms with E-state index in [0.29, 0.717) is 4.91 Å². The van der Waals surface area contributed by atoms with E-state index in [-0.39, 0.29) is 0 Å². The fourth-order valence-corrected chi connectivity index (χ4v) is 4.78. The first-order chi connectivity index (χ1) is 14.8. The fraction of sp³-hybridized carbons (Fsp3) is 0.208. The van der Waals surface area contributed by atoms with Crippen LogP contribution in [-0.2, 0) is 14.3 Å². The lowest BCUT2D eigenvalue weighted by molar-refractivity contribution is -0.148. The molecule has 7 heteroatoms. The SMILES string of the molecule is COC(=O)[C@H](C)N1C(=O)S/C(=C/c2cc(C)n(-c3ccc4ccccc4c3)c2C)C1=O. The van der Waals surface area contributed by atoms with Crippen LogP contribution in [-0.4, -0.2) is 39.7 Å². The van der Waals surface area contributed by atoms with E-state index in [2.05, 4.69) is 39.6 Å². The van der Waals surface area contributed by atoms with E-state index in [1.807, 2.05) is 32.0 Å². The molecule has 0 N–H and O–H groups in total. The van der Waals surface area contributed by atoms with Gasteiger partial charge in [-0.15, -0.1) is 0 Å². The number of nitrogens with zero attached hydrogens (tertiary/aromatic N) is 2. The van der Waals surface area contributed by atoms with Crippen molar-refractivity contribution in [3.63, 3.8) is 0 Å². The normalized spacial score (nSPS) is 16.4. The van der Waals surface area contributed by atoms with Crippen molar-refractivity contribution < 1.29 is 19.1 Å². The summed E-state index contributed by atoms with van der Waals surface area (Å²) in [6, 6.07) is 15.5. The van der Waals surface area contributed by atoms with Gasteiger partial charge >= 0.3 is 5.97 Å². The number of hydrogen-bond donors (Lipinski definition) is 0. The number of benzene rings is 2. The zero-order chi connectivity index (χ0) is 22.3. The van der Waals surface area contributed by atoms with E-state index in [4.69, 9.17) is 0 Å². The Morgan fingerprint density at radius 3 is 2.48 bits per heavy atom. The van der Waals surface area contributed by atoms with Gasteiger partial charge in [0, 0.05) is 17.1 Å². The van der Waals surface area contributed by atoms with Crippen molar-refractivity contribution in [3.05, 3.63) is 70.4 Å². The minimum absolute atomic E-state index is 0.291. The Morgan fingerprint density at radius 1 is 1.06 bits per heavy atom. The van der Waals surface area contributed by atoms with Crippen molar-refractivity contribution in [1.29, 1.82) is 0 Å². The Kier molecular flexibility index (Phi) is 5.45. The molecule has 31 heavy (non-hydrogen) atoms. The molecule has 0 radical (unpaired) electrons. The fourth-order valence-electron chi connectivity index (χ4n) is 3.88. The lowest BCUT2D eigenvalue weighted by Gasteiger charge is -2.18. The summed E-state index contributed by atoms with van der Waals surface area (Å²) in [4.78, 5) is 38.2. The van der Waals surface area contributed by atoms with Crippen LogP contribution in [0.4, 0.5) is 4.79 Å². The summed E-state index contributed by atoms with van der Waals surface area (Å²) >= 11 is 0.836. The number of aromatic nitrogens is 1. The third kappa shape index (κ3) is 3.65. The van der Waals surface area contributed by atoms with Gasteiger partial charge in [-0.3, -0.25) is 14.5 Å². The van der Waals surface area contributed by atoms with E-state index in [0.717, 1.165) is 44.7 Å². The molecule has 6 nitrogen and oxygen atoms in total. The standard InChI is InChI=1S/C24H22N2O4S/c1-14-11-19(13-21-22(27)26(24(29)31-21)16(3)23(28)30-4)15(2)25(14)20-10-9-17-7-5-6-8-18(17)12-20/h5-13,16H,1-4H3/b21-13+/t16-/m0/s1. The lowest BCUT2D eigenvalue weighted by Crippen LogP contribution is -2.42. The summed E-state index contributed by atoms with van der Waals surface area (Å²) in [5.41, 5.74) is 3.85. The Balaban J connectivity index is 1.70. The molecule has 0 bridgehead atoms. The maximum Gasteiger partial charge on any atom is 0.328 e. The first kappa shape index (κ1) is 20.9. The highest BCUT2D eigenvalue weighted by molar-refractivity contribution is 8.18. The third-order valence-electron chi connectivity index (χ3n) is 5.50. The summed E-state index contributed by atoms with van der Waals surface area (Å²) < 4.78 is 6.80. The van der Waals surface area contributed by atoms with Crippen LogP contribution in [0.15, 0.2) is 53.4 Å². The molecular formula is C24H22N2O4S. The zero-order valence-electron chi connectivity index (χ0n) is 17.7. The number of ether oxygens (including phenoxy) is 1. The third-order valence-corrected chi connectivity index (χ3v) is 6.38. The number of rotatable bonds is 4. The van der Waals surface area contributed by atoms with Crippen LogP contribution in [0.3, 0.4) is 0 Å². The van der Waals surface area contributed by atoms with E-state index in [9.17, 15) is 14.4 Å². The maximum absolute atomic E-state index is 12.8. The number of amides is 2. The number of thioether (sulfide) groups is 1. The summed E-state index contributed by atoms with van der Waals surface area (Å²) in [6.45, 7) is 5.47. The van der Waals surface area contributed by atoms with Gasteiger partial charge in [-0.25, -0.2) is 4.79 Å². The zero-order valence-corrected chi connectivity index (χ0v) is 18.5. The highest BCUT2D eigenvalue weighted by atomic mass is 32.2. The molecule has 1 aromatic heterocycles. The van der Waals surface area contributed by atoms with Crippen molar-refractivity contribution in [3.8, 4) is 5.69 Å². The van der Waals surface area contributed by atoms with Crippen LogP contribution in [0.2, 0.25) is 0 Å². The maximum atomic E-state index is 12.8. The van der Waals surface area contributed by atoms with Crippen LogP contribution < -0.4 is 0 Å². The number of aryl methyl sites for hydroxylation is 1. The predicted octanol–water partition coefficient (Wildman–Crippen LogP) is 4.85. The summed E-state index contributed by atoms with van der Waals surface area (Å²) in [5.74, 6) is -1.11. The second kappa shape index (κ2) is 8.07. The molecule has 0 spiro atoms.